The van der Waals surface area contributed by atoms with Crippen LogP contribution >= 0.6 is 0 Å². The third-order valence-electron chi connectivity index (χ3n) is 3.61. The Morgan fingerprint density at radius 2 is 1.67 bits per heavy atom. The van der Waals surface area contributed by atoms with Crippen molar-refractivity contribution in [2.75, 3.05) is 25.6 Å². The standard InChI is InChI=1S/C20H23NO6/c1-4-26-17-7-6-14(11-18(17)27-5-2)19(22)21-16-9-13(12-25-3)8-15(10-16)20(23)24/h6-11H,4-5,12H2,1-3H3,(H,21,22)(H,23,24). The van der Waals surface area contributed by atoms with Crippen molar-refractivity contribution < 1.29 is 28.9 Å². The maximum atomic E-state index is 12.6. The topological polar surface area (TPSA) is 94.1 Å². The zero-order valence-electron chi connectivity index (χ0n) is 15.6. The van der Waals surface area contributed by atoms with Crippen LogP contribution in [0.25, 0.3) is 0 Å². The molecule has 27 heavy (non-hydrogen) atoms. The van der Waals surface area contributed by atoms with Crippen molar-refractivity contribution in [3.8, 4) is 11.5 Å². The molecule has 0 heterocycles. The van der Waals surface area contributed by atoms with Gasteiger partial charge in [0.05, 0.1) is 25.4 Å². The summed E-state index contributed by atoms with van der Waals surface area (Å²) in [6.07, 6.45) is 0. The van der Waals surface area contributed by atoms with Crippen molar-refractivity contribution in [3.05, 3.63) is 53.1 Å². The van der Waals surface area contributed by atoms with Gasteiger partial charge in [-0.05, 0) is 55.8 Å². The van der Waals surface area contributed by atoms with E-state index in [1.807, 2.05) is 13.8 Å². The summed E-state index contributed by atoms with van der Waals surface area (Å²) in [5.74, 6) is -0.425. The number of anilines is 1. The molecule has 0 aliphatic carbocycles. The highest BCUT2D eigenvalue weighted by Gasteiger charge is 2.14. The first-order chi connectivity index (χ1) is 13.0. The number of carboxylic acids is 1. The summed E-state index contributed by atoms with van der Waals surface area (Å²) in [6.45, 7) is 4.87. The van der Waals surface area contributed by atoms with Crippen LogP contribution in [0, 0.1) is 0 Å². The van der Waals surface area contributed by atoms with E-state index in [1.54, 1.807) is 24.3 Å². The van der Waals surface area contributed by atoms with Gasteiger partial charge in [-0.2, -0.15) is 0 Å². The largest absolute Gasteiger partial charge is 0.490 e. The van der Waals surface area contributed by atoms with Crippen molar-refractivity contribution in [2.45, 2.75) is 20.5 Å². The highest BCUT2D eigenvalue weighted by molar-refractivity contribution is 6.05. The van der Waals surface area contributed by atoms with Gasteiger partial charge in [-0.3, -0.25) is 4.79 Å². The summed E-state index contributed by atoms with van der Waals surface area (Å²) in [5, 5.41) is 12.0. The molecule has 0 fully saturated rings. The van der Waals surface area contributed by atoms with Crippen molar-refractivity contribution in [2.24, 2.45) is 0 Å². The minimum atomic E-state index is -1.08. The molecular formula is C20H23NO6. The average molecular weight is 373 g/mol. The molecule has 144 valence electrons. The summed E-state index contributed by atoms with van der Waals surface area (Å²) < 4.78 is 16.1. The maximum Gasteiger partial charge on any atom is 0.335 e. The monoisotopic (exact) mass is 373 g/mol. The zero-order valence-corrected chi connectivity index (χ0v) is 15.6. The van der Waals surface area contributed by atoms with Gasteiger partial charge in [-0.25, -0.2) is 4.79 Å². The quantitative estimate of drug-likeness (QED) is 0.698. The Labute approximate surface area is 157 Å². The Hall–Kier alpha value is -3.06. The summed E-state index contributed by atoms with van der Waals surface area (Å²) in [7, 11) is 1.51. The fourth-order valence-electron chi connectivity index (χ4n) is 2.53. The van der Waals surface area contributed by atoms with Gasteiger partial charge in [-0.1, -0.05) is 0 Å². The maximum absolute atomic E-state index is 12.6. The molecule has 2 aromatic rings. The van der Waals surface area contributed by atoms with Crippen LogP contribution in [0.1, 0.15) is 40.1 Å². The summed E-state index contributed by atoms with van der Waals surface area (Å²) >= 11 is 0. The molecule has 0 bridgehead atoms. The molecule has 0 atom stereocenters. The van der Waals surface area contributed by atoms with Gasteiger partial charge in [0.15, 0.2) is 11.5 Å². The lowest BCUT2D eigenvalue weighted by Crippen LogP contribution is -2.13. The number of nitrogens with one attached hydrogen (secondary N) is 1. The van der Waals surface area contributed by atoms with Crippen LogP contribution in [0.15, 0.2) is 36.4 Å². The number of methoxy groups -OCH3 is 1. The number of amides is 1. The van der Waals surface area contributed by atoms with Gasteiger partial charge >= 0.3 is 5.97 Å². The Morgan fingerprint density at radius 1 is 0.963 bits per heavy atom. The minimum absolute atomic E-state index is 0.0709. The predicted molar refractivity (Wildman–Crippen MR) is 101 cm³/mol. The highest BCUT2D eigenvalue weighted by Crippen LogP contribution is 2.29. The first-order valence-electron chi connectivity index (χ1n) is 8.55. The van der Waals surface area contributed by atoms with Crippen molar-refractivity contribution in [1.82, 2.24) is 0 Å². The molecule has 0 saturated carbocycles. The molecule has 0 unspecified atom stereocenters. The second kappa shape index (κ2) is 9.59. The summed E-state index contributed by atoms with van der Waals surface area (Å²) in [5.41, 5.74) is 1.46. The van der Waals surface area contributed by atoms with E-state index in [1.165, 1.54) is 19.2 Å². The molecular weight excluding hydrogens is 350 g/mol. The highest BCUT2D eigenvalue weighted by atomic mass is 16.5. The number of carboxylic acid groups (broad SMARTS) is 1. The Kier molecular flexibility index (Phi) is 7.19. The number of rotatable bonds is 9. The van der Waals surface area contributed by atoms with Crippen LogP contribution in [-0.2, 0) is 11.3 Å². The van der Waals surface area contributed by atoms with Crippen molar-refractivity contribution in [3.63, 3.8) is 0 Å². The lowest BCUT2D eigenvalue weighted by molar-refractivity contribution is 0.0696. The number of hydrogen-bond donors (Lipinski definition) is 2. The van der Waals surface area contributed by atoms with Crippen LogP contribution in [0.5, 0.6) is 11.5 Å². The predicted octanol–water partition coefficient (Wildman–Crippen LogP) is 3.58. The molecule has 0 radical (unpaired) electrons. The number of carbonyl (C=O) groups is 2. The van der Waals surface area contributed by atoms with E-state index < -0.39 is 5.97 Å². The Morgan fingerprint density at radius 3 is 2.30 bits per heavy atom. The second-order valence-electron chi connectivity index (χ2n) is 5.64. The van der Waals surface area contributed by atoms with Gasteiger partial charge in [0.2, 0.25) is 0 Å². The number of carbonyl (C=O) groups excluding carboxylic acids is 1. The zero-order chi connectivity index (χ0) is 19.8. The smallest absolute Gasteiger partial charge is 0.335 e. The molecule has 0 aromatic heterocycles. The van der Waals surface area contributed by atoms with Crippen LogP contribution < -0.4 is 14.8 Å². The van der Waals surface area contributed by atoms with Crippen molar-refractivity contribution >= 4 is 17.6 Å². The first kappa shape index (κ1) is 20.3. The van der Waals surface area contributed by atoms with E-state index in [4.69, 9.17) is 14.2 Å². The fourth-order valence-corrected chi connectivity index (χ4v) is 2.53. The number of ether oxygens (including phenoxy) is 3. The normalized spacial score (nSPS) is 10.3. The molecule has 0 spiro atoms. The van der Waals surface area contributed by atoms with Crippen LogP contribution in [0.4, 0.5) is 5.69 Å². The summed E-state index contributed by atoms with van der Waals surface area (Å²) in [4.78, 5) is 23.9. The van der Waals surface area contributed by atoms with Crippen LogP contribution in [0.3, 0.4) is 0 Å². The van der Waals surface area contributed by atoms with Gasteiger partial charge < -0.3 is 24.6 Å². The third kappa shape index (κ3) is 5.46. The van der Waals surface area contributed by atoms with Crippen LogP contribution in [-0.4, -0.2) is 37.3 Å². The Bertz CT molecular complexity index is 818. The van der Waals surface area contributed by atoms with Gasteiger partial charge in [0.25, 0.3) is 5.91 Å². The molecule has 0 saturated heterocycles. The lowest BCUT2D eigenvalue weighted by atomic mass is 10.1. The molecule has 0 aliphatic rings. The number of aromatic carboxylic acids is 1. The lowest BCUT2D eigenvalue weighted by Gasteiger charge is -2.13. The number of benzene rings is 2. The fraction of sp³-hybridized carbons (Fsp3) is 0.300. The number of hydrogen-bond acceptors (Lipinski definition) is 5. The Balaban J connectivity index is 2.28. The van der Waals surface area contributed by atoms with E-state index in [-0.39, 0.29) is 18.1 Å². The molecule has 1 amide bonds. The van der Waals surface area contributed by atoms with Gasteiger partial charge in [-0.15, -0.1) is 0 Å². The average Bonchev–Trinajstić information content (AvgIpc) is 2.63. The SMILES string of the molecule is CCOc1ccc(C(=O)Nc2cc(COC)cc(C(=O)O)c2)cc1OCC. The van der Waals surface area contributed by atoms with Gasteiger partial charge in [0.1, 0.15) is 0 Å². The molecule has 7 heteroatoms. The molecule has 2 rings (SSSR count). The van der Waals surface area contributed by atoms with Crippen molar-refractivity contribution in [1.29, 1.82) is 0 Å². The van der Waals surface area contributed by atoms with Gasteiger partial charge in [0, 0.05) is 18.4 Å². The first-order valence-corrected chi connectivity index (χ1v) is 8.55. The van der Waals surface area contributed by atoms with E-state index in [2.05, 4.69) is 5.32 Å². The third-order valence-corrected chi connectivity index (χ3v) is 3.61. The molecule has 7 nitrogen and oxygen atoms in total. The van der Waals surface area contributed by atoms with E-state index in [0.29, 0.717) is 41.5 Å². The van der Waals surface area contributed by atoms with E-state index in [0.717, 1.165) is 0 Å². The van der Waals surface area contributed by atoms with E-state index in [9.17, 15) is 14.7 Å². The molecule has 2 aromatic carbocycles. The second-order valence-corrected chi connectivity index (χ2v) is 5.64. The molecule has 0 aliphatic heterocycles. The van der Waals surface area contributed by atoms with E-state index >= 15 is 0 Å². The van der Waals surface area contributed by atoms with Crippen LogP contribution in [0.2, 0.25) is 0 Å². The molecule has 2 N–H and O–H groups in total. The summed E-state index contributed by atoms with van der Waals surface area (Å²) in [6, 6.07) is 9.48. The minimum Gasteiger partial charge on any atom is -0.490 e.